The summed E-state index contributed by atoms with van der Waals surface area (Å²) in [7, 11) is 0. The fraction of sp³-hybridized carbons (Fsp3) is 0.375. The van der Waals surface area contributed by atoms with Crippen LogP contribution in [0.4, 0.5) is 0 Å². The van der Waals surface area contributed by atoms with Crippen LogP contribution in [0.15, 0.2) is 30.6 Å². The molecule has 0 aromatic carbocycles. The van der Waals surface area contributed by atoms with E-state index in [-0.39, 0.29) is 11.8 Å². The standard InChI is InChI=1S/C16H19N3O/c1-11(2)16(20)19-8-5-12(6-9-19)14-10-18-15-13(14)4-3-7-17-15/h3-5,7,10-11H,6,8-9H2,1-2H3,(H,17,18). The molecule has 4 nitrogen and oxygen atoms in total. The number of amides is 1. The normalized spacial score (nSPS) is 15.8. The van der Waals surface area contributed by atoms with E-state index in [4.69, 9.17) is 0 Å². The minimum atomic E-state index is 0.0715. The van der Waals surface area contributed by atoms with Crippen LogP contribution in [0.2, 0.25) is 0 Å². The average molecular weight is 269 g/mol. The van der Waals surface area contributed by atoms with Crippen LogP contribution in [0.5, 0.6) is 0 Å². The first kappa shape index (κ1) is 12.9. The van der Waals surface area contributed by atoms with Gasteiger partial charge in [-0.3, -0.25) is 4.79 Å². The molecular formula is C16H19N3O. The van der Waals surface area contributed by atoms with Crippen molar-refractivity contribution in [2.24, 2.45) is 5.92 Å². The first-order valence-corrected chi connectivity index (χ1v) is 7.07. The Kier molecular flexibility index (Phi) is 3.30. The third-order valence-corrected chi connectivity index (χ3v) is 3.81. The number of hydrogen-bond acceptors (Lipinski definition) is 2. The molecule has 0 atom stereocenters. The van der Waals surface area contributed by atoms with E-state index in [2.05, 4.69) is 22.1 Å². The fourth-order valence-corrected chi connectivity index (χ4v) is 2.70. The molecule has 1 aliphatic rings. The van der Waals surface area contributed by atoms with Gasteiger partial charge < -0.3 is 9.88 Å². The maximum atomic E-state index is 12.0. The van der Waals surface area contributed by atoms with E-state index in [1.165, 1.54) is 11.1 Å². The van der Waals surface area contributed by atoms with Gasteiger partial charge in [-0.2, -0.15) is 0 Å². The van der Waals surface area contributed by atoms with Gasteiger partial charge in [-0.05, 0) is 24.1 Å². The highest BCUT2D eigenvalue weighted by molar-refractivity contribution is 5.91. The number of carbonyl (C=O) groups is 1. The van der Waals surface area contributed by atoms with Gasteiger partial charge in [0.2, 0.25) is 5.91 Å². The van der Waals surface area contributed by atoms with Crippen LogP contribution < -0.4 is 0 Å². The topological polar surface area (TPSA) is 49.0 Å². The lowest BCUT2D eigenvalue weighted by Gasteiger charge is -2.28. The third kappa shape index (κ3) is 2.22. The minimum Gasteiger partial charge on any atom is -0.346 e. The van der Waals surface area contributed by atoms with Crippen LogP contribution >= 0.6 is 0 Å². The van der Waals surface area contributed by atoms with Crippen molar-refractivity contribution in [3.05, 3.63) is 36.2 Å². The van der Waals surface area contributed by atoms with Gasteiger partial charge in [-0.25, -0.2) is 4.98 Å². The largest absolute Gasteiger partial charge is 0.346 e. The molecule has 20 heavy (non-hydrogen) atoms. The highest BCUT2D eigenvalue weighted by Crippen LogP contribution is 2.28. The predicted molar refractivity (Wildman–Crippen MR) is 80.1 cm³/mol. The van der Waals surface area contributed by atoms with Crippen molar-refractivity contribution in [2.45, 2.75) is 20.3 Å². The Morgan fingerprint density at radius 3 is 3.00 bits per heavy atom. The smallest absolute Gasteiger partial charge is 0.225 e. The van der Waals surface area contributed by atoms with Gasteiger partial charge in [-0.1, -0.05) is 19.9 Å². The van der Waals surface area contributed by atoms with E-state index in [1.807, 2.05) is 31.0 Å². The minimum absolute atomic E-state index is 0.0715. The van der Waals surface area contributed by atoms with Gasteiger partial charge in [0.25, 0.3) is 0 Å². The molecule has 4 heteroatoms. The van der Waals surface area contributed by atoms with Crippen LogP contribution in [0.1, 0.15) is 25.8 Å². The van der Waals surface area contributed by atoms with E-state index < -0.39 is 0 Å². The molecule has 0 aliphatic carbocycles. The number of hydrogen-bond donors (Lipinski definition) is 1. The summed E-state index contributed by atoms with van der Waals surface area (Å²) in [6.07, 6.45) is 6.88. The first-order chi connectivity index (χ1) is 9.66. The summed E-state index contributed by atoms with van der Waals surface area (Å²) >= 11 is 0. The first-order valence-electron chi connectivity index (χ1n) is 7.07. The Labute approximate surface area is 118 Å². The van der Waals surface area contributed by atoms with Crippen LogP contribution in [0.25, 0.3) is 16.6 Å². The highest BCUT2D eigenvalue weighted by Gasteiger charge is 2.21. The molecule has 0 saturated heterocycles. The molecule has 3 rings (SSSR count). The summed E-state index contributed by atoms with van der Waals surface area (Å²) in [6, 6.07) is 4.04. The molecule has 1 aliphatic heterocycles. The van der Waals surface area contributed by atoms with Crippen LogP contribution in [-0.2, 0) is 4.79 Å². The number of carbonyl (C=O) groups excluding carboxylic acids is 1. The lowest BCUT2D eigenvalue weighted by Crippen LogP contribution is -2.37. The number of rotatable bonds is 2. The summed E-state index contributed by atoms with van der Waals surface area (Å²) in [6.45, 7) is 5.41. The molecule has 0 radical (unpaired) electrons. The second-order valence-corrected chi connectivity index (χ2v) is 5.52. The van der Waals surface area contributed by atoms with Gasteiger partial charge >= 0.3 is 0 Å². The van der Waals surface area contributed by atoms with Crippen molar-refractivity contribution in [1.82, 2.24) is 14.9 Å². The monoisotopic (exact) mass is 269 g/mol. The van der Waals surface area contributed by atoms with Crippen LogP contribution in [0, 0.1) is 5.92 Å². The van der Waals surface area contributed by atoms with Crippen molar-refractivity contribution in [3.8, 4) is 0 Å². The van der Waals surface area contributed by atoms with E-state index >= 15 is 0 Å². The summed E-state index contributed by atoms with van der Waals surface area (Å²) in [5.41, 5.74) is 3.44. The van der Waals surface area contributed by atoms with Gasteiger partial charge in [0.15, 0.2) is 0 Å². The zero-order chi connectivity index (χ0) is 14.1. The van der Waals surface area contributed by atoms with Crippen LogP contribution in [0.3, 0.4) is 0 Å². The molecular weight excluding hydrogens is 250 g/mol. The van der Waals surface area contributed by atoms with Crippen molar-refractivity contribution in [1.29, 1.82) is 0 Å². The Hall–Kier alpha value is -2.10. The molecule has 0 saturated carbocycles. The van der Waals surface area contributed by atoms with Crippen molar-refractivity contribution >= 4 is 22.5 Å². The predicted octanol–water partition coefficient (Wildman–Crippen LogP) is 2.83. The second-order valence-electron chi connectivity index (χ2n) is 5.52. The number of aromatic nitrogens is 2. The number of pyridine rings is 1. The number of H-pyrrole nitrogens is 1. The Bertz CT molecular complexity index is 669. The zero-order valence-corrected chi connectivity index (χ0v) is 11.9. The van der Waals surface area contributed by atoms with E-state index in [0.717, 1.165) is 24.0 Å². The van der Waals surface area contributed by atoms with Crippen molar-refractivity contribution in [3.63, 3.8) is 0 Å². The van der Waals surface area contributed by atoms with Gasteiger partial charge in [0, 0.05) is 42.4 Å². The van der Waals surface area contributed by atoms with Gasteiger partial charge in [-0.15, -0.1) is 0 Å². The number of fused-ring (bicyclic) bond motifs is 1. The van der Waals surface area contributed by atoms with E-state index in [9.17, 15) is 4.79 Å². The molecule has 1 N–H and O–H groups in total. The summed E-state index contributed by atoms with van der Waals surface area (Å²) in [4.78, 5) is 21.4. The second kappa shape index (κ2) is 5.12. The molecule has 0 fully saturated rings. The Morgan fingerprint density at radius 1 is 1.45 bits per heavy atom. The lowest BCUT2D eigenvalue weighted by molar-refractivity contribution is -0.134. The molecule has 1 amide bonds. The van der Waals surface area contributed by atoms with Gasteiger partial charge in [0.1, 0.15) is 5.65 Å². The molecule has 2 aromatic rings. The quantitative estimate of drug-likeness (QED) is 0.911. The molecule has 2 aromatic heterocycles. The molecule has 3 heterocycles. The number of aromatic amines is 1. The average Bonchev–Trinajstić information content (AvgIpc) is 2.90. The molecule has 0 bridgehead atoms. The number of nitrogens with one attached hydrogen (secondary N) is 1. The highest BCUT2D eigenvalue weighted by atomic mass is 16.2. The summed E-state index contributed by atoms with van der Waals surface area (Å²) in [5.74, 6) is 0.308. The van der Waals surface area contributed by atoms with E-state index in [1.54, 1.807) is 6.20 Å². The Morgan fingerprint density at radius 2 is 2.30 bits per heavy atom. The lowest BCUT2D eigenvalue weighted by atomic mass is 9.99. The number of nitrogens with zero attached hydrogens (tertiary/aromatic N) is 2. The van der Waals surface area contributed by atoms with E-state index in [0.29, 0.717) is 6.54 Å². The fourth-order valence-electron chi connectivity index (χ4n) is 2.70. The van der Waals surface area contributed by atoms with Gasteiger partial charge in [0.05, 0.1) is 0 Å². The zero-order valence-electron chi connectivity index (χ0n) is 11.9. The van der Waals surface area contributed by atoms with Crippen molar-refractivity contribution in [2.75, 3.05) is 13.1 Å². The summed E-state index contributed by atoms with van der Waals surface area (Å²) in [5, 5.41) is 1.15. The third-order valence-electron chi connectivity index (χ3n) is 3.81. The maximum absolute atomic E-state index is 12.0. The maximum Gasteiger partial charge on any atom is 0.225 e. The summed E-state index contributed by atoms with van der Waals surface area (Å²) < 4.78 is 0. The van der Waals surface area contributed by atoms with Crippen molar-refractivity contribution < 1.29 is 4.79 Å². The molecule has 104 valence electrons. The molecule has 0 unspecified atom stereocenters. The Balaban J connectivity index is 1.85. The molecule has 0 spiro atoms. The van der Waals surface area contributed by atoms with Crippen LogP contribution in [-0.4, -0.2) is 33.9 Å². The SMILES string of the molecule is CC(C)C(=O)N1CC=C(c2c[nH]c3ncccc23)CC1.